The van der Waals surface area contributed by atoms with Gasteiger partial charge in [-0.2, -0.15) is 0 Å². The maximum absolute atomic E-state index is 11.1. The van der Waals surface area contributed by atoms with Gasteiger partial charge >= 0.3 is 66.4 Å². The SMILES string of the molecule is O=C([O-])[C@H](OB(O)O[C@@H](C(=O)[O-])[C@H](O)[C@H](O)[C@@H](O)[C@H](O)CO)[C@H](O)[C@H](O)[C@@H](O)[C@H](O)CO.[Na+].[Na+]. The summed E-state index contributed by atoms with van der Waals surface area (Å²) in [6.45, 7) is -2.23. The molecular formula is C14H25BNa2O17. The molecule has 188 valence electrons. The molecule has 0 aromatic rings. The van der Waals surface area contributed by atoms with Crippen LogP contribution in [0.1, 0.15) is 0 Å². The monoisotopic (exact) mass is 522 g/mol. The van der Waals surface area contributed by atoms with Gasteiger partial charge in [-0.15, -0.1) is 0 Å². The van der Waals surface area contributed by atoms with Gasteiger partial charge in [-0.25, -0.2) is 0 Å². The molecule has 0 rings (SSSR count). The summed E-state index contributed by atoms with van der Waals surface area (Å²) >= 11 is 0. The third-order valence-corrected chi connectivity index (χ3v) is 4.17. The molecule has 0 radical (unpaired) electrons. The molecule has 34 heavy (non-hydrogen) atoms. The first-order chi connectivity index (χ1) is 14.7. The normalized spacial score (nSPS) is 20.1. The van der Waals surface area contributed by atoms with Gasteiger partial charge in [0.05, 0.1) is 25.2 Å². The number of carbonyl (C=O) groups excluding carboxylic acids is 2. The van der Waals surface area contributed by atoms with Gasteiger partial charge in [0.15, 0.2) is 0 Å². The van der Waals surface area contributed by atoms with Crippen molar-refractivity contribution in [2.24, 2.45) is 0 Å². The van der Waals surface area contributed by atoms with Crippen LogP contribution in [0, 0.1) is 0 Å². The largest absolute Gasteiger partial charge is 1.00 e. The van der Waals surface area contributed by atoms with Crippen molar-refractivity contribution in [1.29, 1.82) is 0 Å². The maximum Gasteiger partial charge on any atom is 1.00 e. The average molecular weight is 522 g/mol. The summed E-state index contributed by atoms with van der Waals surface area (Å²) in [4.78, 5) is 22.3. The Bertz CT molecular complexity index is 542. The van der Waals surface area contributed by atoms with E-state index in [0.29, 0.717) is 0 Å². The Labute approximate surface area is 236 Å². The van der Waals surface area contributed by atoms with Gasteiger partial charge in [-0.05, 0) is 0 Å². The van der Waals surface area contributed by atoms with Gasteiger partial charge in [0.2, 0.25) is 0 Å². The van der Waals surface area contributed by atoms with Crippen LogP contribution >= 0.6 is 0 Å². The van der Waals surface area contributed by atoms with Crippen LogP contribution in [-0.2, 0) is 18.9 Å². The number of aliphatic hydroxyl groups is 10. The van der Waals surface area contributed by atoms with Gasteiger partial charge < -0.3 is 85.2 Å². The molecule has 0 bridgehead atoms. The molecule has 0 spiro atoms. The fourth-order valence-electron chi connectivity index (χ4n) is 2.27. The zero-order valence-electron chi connectivity index (χ0n) is 18.1. The molecule has 0 aromatic heterocycles. The first-order valence-corrected chi connectivity index (χ1v) is 8.78. The summed E-state index contributed by atoms with van der Waals surface area (Å²) < 4.78 is 8.54. The Kier molecular flexibility index (Phi) is 21.4. The summed E-state index contributed by atoms with van der Waals surface area (Å²) in [6, 6.07) is 0. The fourth-order valence-corrected chi connectivity index (χ4v) is 2.27. The van der Waals surface area contributed by atoms with Gasteiger partial charge in [-0.1, -0.05) is 0 Å². The van der Waals surface area contributed by atoms with Gasteiger partial charge in [0.1, 0.15) is 61.0 Å². The Hall–Kier alpha value is 0.485. The van der Waals surface area contributed by atoms with Crippen molar-refractivity contribution in [3.8, 4) is 0 Å². The molecule has 17 nitrogen and oxygen atoms in total. The zero-order chi connectivity index (χ0) is 25.3. The molecule has 0 aliphatic heterocycles. The molecule has 0 aromatic carbocycles. The molecule has 0 aliphatic carbocycles. The Balaban J connectivity index is -0.00000480. The number of rotatable bonds is 16. The predicted molar refractivity (Wildman–Crippen MR) is 90.0 cm³/mol. The fraction of sp³-hybridized carbons (Fsp3) is 0.857. The number of carboxylic acid groups (broad SMARTS) is 2. The number of carboxylic acids is 2. The van der Waals surface area contributed by atoms with Gasteiger partial charge in [0.25, 0.3) is 0 Å². The second-order valence-corrected chi connectivity index (χ2v) is 6.50. The summed E-state index contributed by atoms with van der Waals surface area (Å²) in [7, 11) is -2.95. The molecule has 10 atom stereocenters. The molecule has 11 N–H and O–H groups in total. The smallest absolute Gasteiger partial charge is 0.547 e. The molecule has 0 fully saturated rings. The topological polar surface area (TPSA) is 321 Å². The van der Waals surface area contributed by atoms with Crippen LogP contribution in [0.5, 0.6) is 0 Å². The summed E-state index contributed by atoms with van der Waals surface area (Å²) in [5.74, 6) is -4.70. The number of carbonyl (C=O) groups is 2. The van der Waals surface area contributed by atoms with Crippen LogP contribution in [0.3, 0.4) is 0 Å². The molecule has 0 saturated carbocycles. The third kappa shape index (κ3) is 11.7. The van der Waals surface area contributed by atoms with E-state index in [1.165, 1.54) is 0 Å². The molecular weight excluding hydrogens is 497 g/mol. The number of hydrogen-bond acceptors (Lipinski definition) is 17. The van der Waals surface area contributed by atoms with Crippen molar-refractivity contribution in [2.75, 3.05) is 13.2 Å². The standard InChI is InChI=1S/C14H27BO17.2Na/c16-1-3(18)5(20)7(22)9(24)11(13(26)27)31-15(30)32-12(14(28)29)10(25)8(23)6(21)4(19)2-17;;/h3-12,16-25,30H,1-2H2,(H,26,27)(H,28,29);;/q;2*+1/p-2/t3-,4-,5+,6+,7-,8-,9-,10-,11-,12-;;/m1../s1. The minimum atomic E-state index is -2.95. The molecule has 0 unspecified atom stereocenters. The van der Waals surface area contributed by atoms with E-state index in [2.05, 4.69) is 9.31 Å². The van der Waals surface area contributed by atoms with E-state index < -0.39 is 93.5 Å². The first-order valence-electron chi connectivity index (χ1n) is 8.78. The summed E-state index contributed by atoms with van der Waals surface area (Å²) in [5.41, 5.74) is 0. The minimum Gasteiger partial charge on any atom is -0.547 e. The first kappa shape index (κ1) is 39.0. The summed E-state index contributed by atoms with van der Waals surface area (Å²) in [5, 5.41) is 126. The molecule has 0 saturated heterocycles. The number of aliphatic carboxylic acids is 2. The maximum atomic E-state index is 11.1. The second-order valence-electron chi connectivity index (χ2n) is 6.50. The van der Waals surface area contributed by atoms with E-state index in [0.717, 1.165) is 0 Å². The van der Waals surface area contributed by atoms with Crippen LogP contribution in [0.4, 0.5) is 0 Å². The van der Waals surface area contributed by atoms with E-state index >= 15 is 0 Å². The van der Waals surface area contributed by atoms with Crippen LogP contribution in [0.25, 0.3) is 0 Å². The Morgan fingerprint density at radius 2 is 0.882 bits per heavy atom. The predicted octanol–water partition coefficient (Wildman–Crippen LogP) is -16.9. The van der Waals surface area contributed by atoms with Crippen molar-refractivity contribution in [3.05, 3.63) is 0 Å². The van der Waals surface area contributed by atoms with Crippen LogP contribution < -0.4 is 69.3 Å². The van der Waals surface area contributed by atoms with Crippen molar-refractivity contribution in [3.63, 3.8) is 0 Å². The van der Waals surface area contributed by atoms with Crippen molar-refractivity contribution in [2.45, 2.75) is 61.0 Å². The molecule has 20 heteroatoms. The second kappa shape index (κ2) is 18.7. The Morgan fingerprint density at radius 1 is 0.618 bits per heavy atom. The molecule has 0 amide bonds. The zero-order valence-corrected chi connectivity index (χ0v) is 22.1. The van der Waals surface area contributed by atoms with Gasteiger partial charge in [-0.3, -0.25) is 0 Å². The van der Waals surface area contributed by atoms with Crippen molar-refractivity contribution < 1.29 is 144 Å². The van der Waals surface area contributed by atoms with E-state index in [-0.39, 0.29) is 59.1 Å². The molecule has 0 heterocycles. The van der Waals surface area contributed by atoms with Crippen LogP contribution in [-0.4, -0.2) is 150 Å². The van der Waals surface area contributed by atoms with Crippen LogP contribution in [0.15, 0.2) is 0 Å². The van der Waals surface area contributed by atoms with E-state index in [1.54, 1.807) is 0 Å². The van der Waals surface area contributed by atoms with E-state index in [9.17, 15) is 65.7 Å². The van der Waals surface area contributed by atoms with Crippen molar-refractivity contribution >= 4 is 19.3 Å². The van der Waals surface area contributed by atoms with E-state index in [4.69, 9.17) is 10.2 Å². The van der Waals surface area contributed by atoms with E-state index in [1.807, 2.05) is 0 Å². The minimum absolute atomic E-state index is 0. The number of aliphatic hydroxyl groups excluding tert-OH is 10. The number of hydrogen-bond donors (Lipinski definition) is 11. The Morgan fingerprint density at radius 3 is 1.09 bits per heavy atom. The van der Waals surface area contributed by atoms with Crippen molar-refractivity contribution in [1.82, 2.24) is 0 Å². The van der Waals surface area contributed by atoms with Gasteiger partial charge in [0, 0.05) is 0 Å². The third-order valence-electron chi connectivity index (χ3n) is 4.17. The molecule has 0 aliphatic rings. The average Bonchev–Trinajstić information content (AvgIpc) is 2.76. The van der Waals surface area contributed by atoms with Crippen LogP contribution in [0.2, 0.25) is 0 Å². The summed E-state index contributed by atoms with van der Waals surface area (Å²) in [6.07, 6.45) is -24.6. The quantitative estimate of drug-likeness (QED) is 0.0838.